The standard InChI is InChI=1S/C20H34N6S/c1-4-21-19(24-16-20(2)7-5-13-27-20)23-15-17-6-8-22-18(14-17)26-11-9-25(3)10-12-26/h6,8,14H,4-5,7,9-13,15-16H2,1-3H3,(H2,21,23,24). The normalized spacial score (nSPS) is 24.3. The lowest BCUT2D eigenvalue weighted by Crippen LogP contribution is -2.44. The number of likely N-dealkylation sites (N-methyl/N-ethyl adjacent to an activating group) is 1. The molecule has 3 rings (SSSR count). The molecule has 7 heteroatoms. The first kappa shape index (κ1) is 20.3. The number of nitrogens with one attached hydrogen (secondary N) is 2. The minimum atomic E-state index is 0.335. The van der Waals surface area contributed by atoms with Gasteiger partial charge < -0.3 is 20.4 Å². The molecule has 1 unspecified atom stereocenters. The van der Waals surface area contributed by atoms with Gasteiger partial charge in [-0.05, 0) is 57.2 Å². The molecule has 0 saturated carbocycles. The van der Waals surface area contributed by atoms with E-state index in [0.717, 1.165) is 51.0 Å². The molecular weight excluding hydrogens is 356 g/mol. The second-order valence-corrected chi connectivity index (χ2v) is 9.45. The summed E-state index contributed by atoms with van der Waals surface area (Å²) >= 11 is 2.07. The number of nitrogens with zero attached hydrogens (tertiary/aromatic N) is 4. The number of anilines is 1. The highest BCUT2D eigenvalue weighted by molar-refractivity contribution is 8.00. The Labute approximate surface area is 168 Å². The highest BCUT2D eigenvalue weighted by atomic mass is 32.2. The van der Waals surface area contributed by atoms with Crippen LogP contribution in [-0.2, 0) is 6.54 Å². The van der Waals surface area contributed by atoms with Crippen LogP contribution in [-0.4, -0.2) is 72.7 Å². The number of aliphatic imine (C=N–C) groups is 1. The van der Waals surface area contributed by atoms with Crippen LogP contribution in [0.25, 0.3) is 0 Å². The van der Waals surface area contributed by atoms with Gasteiger partial charge in [0.2, 0.25) is 0 Å². The quantitative estimate of drug-likeness (QED) is 0.574. The van der Waals surface area contributed by atoms with E-state index in [4.69, 9.17) is 4.99 Å². The summed E-state index contributed by atoms with van der Waals surface area (Å²) in [6.07, 6.45) is 4.51. The Hall–Kier alpha value is -1.47. The van der Waals surface area contributed by atoms with E-state index in [9.17, 15) is 0 Å². The number of hydrogen-bond donors (Lipinski definition) is 2. The number of hydrogen-bond acceptors (Lipinski definition) is 5. The Morgan fingerprint density at radius 1 is 1.30 bits per heavy atom. The summed E-state index contributed by atoms with van der Waals surface area (Å²) in [6, 6.07) is 4.26. The van der Waals surface area contributed by atoms with Gasteiger partial charge in [0.25, 0.3) is 0 Å². The number of rotatable bonds is 6. The van der Waals surface area contributed by atoms with Gasteiger partial charge in [-0.15, -0.1) is 0 Å². The molecule has 0 radical (unpaired) electrons. The number of piperazine rings is 1. The van der Waals surface area contributed by atoms with Gasteiger partial charge in [0.05, 0.1) is 6.54 Å². The zero-order chi connectivity index (χ0) is 19.1. The molecule has 2 aliphatic heterocycles. The van der Waals surface area contributed by atoms with Crippen LogP contribution in [0.2, 0.25) is 0 Å². The van der Waals surface area contributed by atoms with E-state index in [1.165, 1.54) is 24.2 Å². The fourth-order valence-corrected chi connectivity index (χ4v) is 4.77. The van der Waals surface area contributed by atoms with Crippen molar-refractivity contribution in [1.82, 2.24) is 20.5 Å². The molecule has 0 aromatic carbocycles. The molecule has 0 aliphatic carbocycles. The molecule has 0 amide bonds. The van der Waals surface area contributed by atoms with Crippen molar-refractivity contribution in [2.75, 3.05) is 57.0 Å². The molecule has 0 bridgehead atoms. The maximum Gasteiger partial charge on any atom is 0.191 e. The van der Waals surface area contributed by atoms with Gasteiger partial charge in [0.1, 0.15) is 5.82 Å². The Balaban J connectivity index is 1.59. The first-order valence-corrected chi connectivity index (χ1v) is 11.1. The van der Waals surface area contributed by atoms with Gasteiger partial charge in [-0.25, -0.2) is 9.98 Å². The predicted octanol–water partition coefficient (Wildman–Crippen LogP) is 2.17. The van der Waals surface area contributed by atoms with Crippen molar-refractivity contribution in [3.8, 4) is 0 Å². The molecule has 2 saturated heterocycles. The molecular formula is C20H34N6S. The van der Waals surface area contributed by atoms with Crippen LogP contribution in [0.1, 0.15) is 32.3 Å². The number of pyridine rings is 1. The van der Waals surface area contributed by atoms with Crippen LogP contribution in [0.4, 0.5) is 5.82 Å². The summed E-state index contributed by atoms with van der Waals surface area (Å²) in [5.41, 5.74) is 1.21. The van der Waals surface area contributed by atoms with E-state index in [-0.39, 0.29) is 0 Å². The SMILES string of the molecule is CCNC(=NCc1ccnc(N2CCN(C)CC2)c1)NCC1(C)CCCS1. The van der Waals surface area contributed by atoms with E-state index < -0.39 is 0 Å². The van der Waals surface area contributed by atoms with Gasteiger partial charge >= 0.3 is 0 Å². The molecule has 6 nitrogen and oxygen atoms in total. The van der Waals surface area contributed by atoms with Crippen LogP contribution in [0.3, 0.4) is 0 Å². The smallest absolute Gasteiger partial charge is 0.191 e. The Kier molecular flexibility index (Phi) is 7.24. The topological polar surface area (TPSA) is 55.8 Å². The van der Waals surface area contributed by atoms with E-state index in [1.807, 2.05) is 6.20 Å². The third-order valence-electron chi connectivity index (χ3n) is 5.33. The third kappa shape index (κ3) is 6.01. The fraction of sp³-hybridized carbons (Fsp3) is 0.700. The van der Waals surface area contributed by atoms with Gasteiger partial charge in [-0.2, -0.15) is 11.8 Å². The van der Waals surface area contributed by atoms with Crippen molar-refractivity contribution in [2.45, 2.75) is 38.0 Å². The molecule has 1 aromatic rings. The van der Waals surface area contributed by atoms with Crippen molar-refractivity contribution in [3.05, 3.63) is 23.9 Å². The first-order valence-electron chi connectivity index (χ1n) is 10.1. The van der Waals surface area contributed by atoms with E-state index in [2.05, 4.69) is 70.2 Å². The van der Waals surface area contributed by atoms with E-state index in [0.29, 0.717) is 11.3 Å². The van der Waals surface area contributed by atoms with Crippen molar-refractivity contribution in [1.29, 1.82) is 0 Å². The highest BCUT2D eigenvalue weighted by Crippen LogP contribution is 2.36. The zero-order valence-corrected chi connectivity index (χ0v) is 17.8. The largest absolute Gasteiger partial charge is 0.357 e. The van der Waals surface area contributed by atoms with Gasteiger partial charge in [-0.1, -0.05) is 0 Å². The van der Waals surface area contributed by atoms with Crippen LogP contribution in [0.15, 0.2) is 23.3 Å². The minimum absolute atomic E-state index is 0.335. The summed E-state index contributed by atoms with van der Waals surface area (Å²) in [7, 11) is 2.18. The van der Waals surface area contributed by atoms with Crippen LogP contribution < -0.4 is 15.5 Å². The molecule has 27 heavy (non-hydrogen) atoms. The Morgan fingerprint density at radius 2 is 2.11 bits per heavy atom. The number of thioether (sulfide) groups is 1. The van der Waals surface area contributed by atoms with Crippen molar-refractivity contribution in [2.24, 2.45) is 4.99 Å². The molecule has 0 spiro atoms. The summed E-state index contributed by atoms with van der Waals surface area (Å²) in [5.74, 6) is 3.26. The van der Waals surface area contributed by atoms with E-state index >= 15 is 0 Å². The van der Waals surface area contributed by atoms with Gasteiger partial charge in [0, 0.05) is 50.2 Å². The Morgan fingerprint density at radius 3 is 2.81 bits per heavy atom. The lowest BCUT2D eigenvalue weighted by molar-refractivity contribution is 0.312. The molecule has 150 valence electrons. The average Bonchev–Trinajstić information content (AvgIpc) is 3.12. The highest BCUT2D eigenvalue weighted by Gasteiger charge is 2.29. The molecule has 3 heterocycles. The molecule has 2 fully saturated rings. The van der Waals surface area contributed by atoms with Crippen LogP contribution in [0, 0.1) is 0 Å². The lowest BCUT2D eigenvalue weighted by Gasteiger charge is -2.33. The minimum Gasteiger partial charge on any atom is -0.357 e. The van der Waals surface area contributed by atoms with Crippen LogP contribution >= 0.6 is 11.8 Å². The van der Waals surface area contributed by atoms with Crippen LogP contribution in [0.5, 0.6) is 0 Å². The van der Waals surface area contributed by atoms with Crippen molar-refractivity contribution < 1.29 is 0 Å². The first-order chi connectivity index (χ1) is 13.1. The second kappa shape index (κ2) is 9.64. The Bertz CT molecular complexity index is 621. The molecule has 1 atom stereocenters. The average molecular weight is 391 g/mol. The van der Waals surface area contributed by atoms with Crippen molar-refractivity contribution in [3.63, 3.8) is 0 Å². The summed E-state index contributed by atoms with van der Waals surface area (Å²) in [6.45, 7) is 11.2. The summed E-state index contributed by atoms with van der Waals surface area (Å²) < 4.78 is 0.335. The lowest BCUT2D eigenvalue weighted by atomic mass is 10.1. The molecule has 2 aliphatic rings. The van der Waals surface area contributed by atoms with Crippen molar-refractivity contribution >= 4 is 23.5 Å². The maximum absolute atomic E-state index is 4.80. The van der Waals surface area contributed by atoms with E-state index in [1.54, 1.807) is 0 Å². The second-order valence-electron chi connectivity index (χ2n) is 7.76. The van der Waals surface area contributed by atoms with Gasteiger partial charge in [0.15, 0.2) is 5.96 Å². The third-order valence-corrected chi connectivity index (χ3v) is 6.87. The van der Waals surface area contributed by atoms with Gasteiger partial charge in [-0.3, -0.25) is 0 Å². The summed E-state index contributed by atoms with van der Waals surface area (Å²) in [5, 5.41) is 6.92. The maximum atomic E-state index is 4.80. The molecule has 2 N–H and O–H groups in total. The number of guanidine groups is 1. The molecule has 1 aromatic heterocycles. The summed E-state index contributed by atoms with van der Waals surface area (Å²) in [4.78, 5) is 14.1. The predicted molar refractivity (Wildman–Crippen MR) is 117 cm³/mol. The fourth-order valence-electron chi connectivity index (χ4n) is 3.53. The number of aromatic nitrogens is 1. The monoisotopic (exact) mass is 390 g/mol. The zero-order valence-electron chi connectivity index (χ0n) is 17.0.